The van der Waals surface area contributed by atoms with Gasteiger partial charge in [-0.25, -0.2) is 0 Å². The van der Waals surface area contributed by atoms with E-state index in [9.17, 15) is 9.59 Å². The van der Waals surface area contributed by atoms with Gasteiger partial charge in [0.15, 0.2) is 6.10 Å². The van der Waals surface area contributed by atoms with Crippen LogP contribution in [-0.2, 0) is 16.0 Å². The smallest absolute Gasteiger partial charge is 0.267 e. The van der Waals surface area contributed by atoms with Gasteiger partial charge in [0.2, 0.25) is 5.91 Å². The molecule has 1 heterocycles. The van der Waals surface area contributed by atoms with Crippen LogP contribution in [0.5, 0.6) is 11.5 Å². The highest BCUT2D eigenvalue weighted by Crippen LogP contribution is 2.33. The molecule has 29 heavy (non-hydrogen) atoms. The first-order valence-electron chi connectivity index (χ1n) is 9.87. The number of nitrogens with zero attached hydrogens (tertiary/aromatic N) is 2. The maximum Gasteiger partial charge on any atom is 0.267 e. The molecule has 0 radical (unpaired) electrons. The molecule has 6 nitrogen and oxygen atoms in total. The van der Waals surface area contributed by atoms with E-state index in [1.54, 1.807) is 30.9 Å². The van der Waals surface area contributed by atoms with Crippen molar-refractivity contribution in [3.05, 3.63) is 54.1 Å². The zero-order valence-corrected chi connectivity index (χ0v) is 17.4. The molecule has 0 spiro atoms. The number of hydrogen-bond donors (Lipinski definition) is 0. The van der Waals surface area contributed by atoms with Gasteiger partial charge in [-0.15, -0.1) is 0 Å². The minimum absolute atomic E-state index is 0.00294. The van der Waals surface area contributed by atoms with Gasteiger partial charge in [-0.05, 0) is 44.0 Å². The van der Waals surface area contributed by atoms with Crippen molar-refractivity contribution < 1.29 is 19.1 Å². The lowest BCUT2D eigenvalue weighted by molar-refractivity contribution is -0.131. The molecule has 2 aromatic carbocycles. The minimum Gasteiger partial charge on any atom is -0.496 e. The molecule has 0 N–H and O–H groups in total. The fraction of sp³-hybridized carbons (Fsp3) is 0.391. The second-order valence-corrected chi connectivity index (χ2v) is 7.34. The largest absolute Gasteiger partial charge is 0.496 e. The second kappa shape index (κ2) is 8.99. The summed E-state index contributed by atoms with van der Waals surface area (Å²) >= 11 is 0. The van der Waals surface area contributed by atoms with Gasteiger partial charge in [-0.2, -0.15) is 0 Å². The quantitative estimate of drug-likeness (QED) is 0.721. The summed E-state index contributed by atoms with van der Waals surface area (Å²) in [5.41, 5.74) is 1.78. The summed E-state index contributed by atoms with van der Waals surface area (Å²) in [5, 5.41) is 0. The summed E-state index contributed by atoms with van der Waals surface area (Å²) in [5.74, 6) is 1.37. The van der Waals surface area contributed by atoms with E-state index in [1.807, 2.05) is 55.5 Å². The first kappa shape index (κ1) is 20.7. The molecule has 3 rings (SSSR count). The van der Waals surface area contributed by atoms with Gasteiger partial charge < -0.3 is 19.3 Å². The van der Waals surface area contributed by atoms with Crippen molar-refractivity contribution in [2.24, 2.45) is 0 Å². The summed E-state index contributed by atoms with van der Waals surface area (Å²) in [7, 11) is 3.46. The van der Waals surface area contributed by atoms with Crippen molar-refractivity contribution in [2.45, 2.75) is 38.8 Å². The Hall–Kier alpha value is -3.02. The fourth-order valence-electron chi connectivity index (χ4n) is 3.55. The van der Waals surface area contributed by atoms with Crippen LogP contribution in [0, 0.1) is 0 Å². The van der Waals surface area contributed by atoms with E-state index in [2.05, 4.69) is 0 Å². The average Bonchev–Trinajstić information content (AvgIpc) is 2.73. The number of benzene rings is 2. The number of likely N-dealkylation sites (N-methyl/N-ethyl adjacent to an activating group) is 1. The topological polar surface area (TPSA) is 59.1 Å². The number of anilines is 1. The predicted molar refractivity (Wildman–Crippen MR) is 112 cm³/mol. The van der Waals surface area contributed by atoms with Crippen molar-refractivity contribution in [3.8, 4) is 11.5 Å². The van der Waals surface area contributed by atoms with Crippen molar-refractivity contribution in [2.75, 3.05) is 25.6 Å². The van der Waals surface area contributed by atoms with Gasteiger partial charge >= 0.3 is 0 Å². The first-order chi connectivity index (χ1) is 13.9. The third-order valence-corrected chi connectivity index (χ3v) is 5.39. The lowest BCUT2D eigenvalue weighted by atomic mass is 10.0. The number of para-hydroxylation sites is 3. The van der Waals surface area contributed by atoms with E-state index in [-0.39, 0.29) is 24.3 Å². The molecule has 2 atom stereocenters. The molecule has 1 aliphatic heterocycles. The van der Waals surface area contributed by atoms with Crippen LogP contribution in [0.1, 0.15) is 25.8 Å². The number of carbonyl (C=O) groups excluding carboxylic acids is 2. The van der Waals surface area contributed by atoms with Gasteiger partial charge in [0.25, 0.3) is 5.91 Å². The molecule has 1 aliphatic rings. The van der Waals surface area contributed by atoms with Gasteiger partial charge in [0.05, 0.1) is 12.8 Å². The van der Waals surface area contributed by atoms with Gasteiger partial charge in [-0.3, -0.25) is 9.59 Å². The molecular weight excluding hydrogens is 368 g/mol. The van der Waals surface area contributed by atoms with Gasteiger partial charge in [0.1, 0.15) is 11.5 Å². The van der Waals surface area contributed by atoms with E-state index in [4.69, 9.17) is 9.47 Å². The van der Waals surface area contributed by atoms with Gasteiger partial charge in [0, 0.05) is 26.1 Å². The summed E-state index contributed by atoms with van der Waals surface area (Å²) in [6.07, 6.45) is 0.393. The van der Waals surface area contributed by atoms with Crippen molar-refractivity contribution in [1.29, 1.82) is 0 Å². The van der Waals surface area contributed by atoms with E-state index in [0.717, 1.165) is 11.3 Å². The Morgan fingerprint density at radius 2 is 1.90 bits per heavy atom. The Kier molecular flexibility index (Phi) is 6.42. The number of carbonyl (C=O) groups is 2. The number of fused-ring (bicyclic) bond motifs is 1. The minimum atomic E-state index is -0.554. The maximum atomic E-state index is 12.8. The monoisotopic (exact) mass is 396 g/mol. The number of ether oxygens (including phenoxy) is 2. The molecule has 0 unspecified atom stereocenters. The van der Waals surface area contributed by atoms with Crippen molar-refractivity contribution in [3.63, 3.8) is 0 Å². The number of amides is 2. The molecule has 0 fully saturated rings. The van der Waals surface area contributed by atoms with Crippen molar-refractivity contribution >= 4 is 17.5 Å². The van der Waals surface area contributed by atoms with Gasteiger partial charge in [-0.1, -0.05) is 30.3 Å². The molecule has 2 amide bonds. The second-order valence-electron chi connectivity index (χ2n) is 7.34. The van der Waals surface area contributed by atoms with Crippen LogP contribution >= 0.6 is 0 Å². The Morgan fingerprint density at radius 3 is 2.66 bits per heavy atom. The maximum absolute atomic E-state index is 12.8. The molecule has 154 valence electrons. The third kappa shape index (κ3) is 4.53. The Labute approximate surface area is 172 Å². The predicted octanol–water partition coefficient (Wildman–Crippen LogP) is 3.29. The van der Waals surface area contributed by atoms with Crippen LogP contribution in [0.15, 0.2) is 48.5 Å². The molecule has 0 saturated heterocycles. The number of rotatable bonds is 7. The molecule has 2 aromatic rings. The highest BCUT2D eigenvalue weighted by atomic mass is 16.5. The molecular formula is C23H28N2O4. The van der Waals surface area contributed by atoms with Crippen LogP contribution in [0.4, 0.5) is 5.69 Å². The zero-order chi connectivity index (χ0) is 21.0. The van der Waals surface area contributed by atoms with Crippen LogP contribution in [-0.4, -0.2) is 49.6 Å². The van der Waals surface area contributed by atoms with E-state index < -0.39 is 6.10 Å². The lowest BCUT2D eigenvalue weighted by Gasteiger charge is -2.33. The Morgan fingerprint density at radius 1 is 1.21 bits per heavy atom. The van der Waals surface area contributed by atoms with E-state index in [1.165, 1.54) is 0 Å². The summed E-state index contributed by atoms with van der Waals surface area (Å²) < 4.78 is 11.1. The SMILES string of the molecule is COc1ccccc1C[C@H](C)N(C)C(=O)CCN1C(=O)[C@@H](C)Oc2ccccc21. The Bertz CT molecular complexity index is 883. The van der Waals surface area contributed by atoms with Crippen LogP contribution in [0.25, 0.3) is 0 Å². The lowest BCUT2D eigenvalue weighted by Crippen LogP contribution is -2.46. The molecule has 0 bridgehead atoms. The summed E-state index contributed by atoms with van der Waals surface area (Å²) in [4.78, 5) is 28.8. The zero-order valence-electron chi connectivity index (χ0n) is 17.4. The van der Waals surface area contributed by atoms with Crippen molar-refractivity contribution in [1.82, 2.24) is 4.90 Å². The standard InChI is InChI=1S/C23H28N2O4/c1-16(15-18-9-5-7-11-20(18)28-4)24(3)22(26)13-14-25-19-10-6-8-12-21(19)29-17(2)23(25)27/h5-12,16-17H,13-15H2,1-4H3/t16-,17+/m0/s1. The van der Waals surface area contributed by atoms with E-state index in [0.29, 0.717) is 24.4 Å². The van der Waals surface area contributed by atoms with Crippen LogP contribution < -0.4 is 14.4 Å². The highest BCUT2D eigenvalue weighted by Gasteiger charge is 2.31. The highest BCUT2D eigenvalue weighted by molar-refractivity contribution is 6.00. The first-order valence-corrected chi connectivity index (χ1v) is 9.87. The van der Waals surface area contributed by atoms with Crippen LogP contribution in [0.3, 0.4) is 0 Å². The molecule has 0 aromatic heterocycles. The normalized spacial score (nSPS) is 16.6. The third-order valence-electron chi connectivity index (χ3n) is 5.39. The van der Waals surface area contributed by atoms with Crippen LogP contribution in [0.2, 0.25) is 0 Å². The van der Waals surface area contributed by atoms with E-state index >= 15 is 0 Å². The number of methoxy groups -OCH3 is 1. The summed E-state index contributed by atoms with van der Waals surface area (Å²) in [6.45, 7) is 4.07. The molecule has 0 aliphatic carbocycles. The number of hydrogen-bond acceptors (Lipinski definition) is 4. The average molecular weight is 396 g/mol. The Balaban J connectivity index is 1.63. The fourth-order valence-corrected chi connectivity index (χ4v) is 3.55. The molecule has 0 saturated carbocycles. The summed E-state index contributed by atoms with van der Waals surface area (Å²) in [6, 6.07) is 15.3. The molecule has 6 heteroatoms.